The molecule has 0 saturated carbocycles. The second-order valence-electron chi connectivity index (χ2n) is 9.98. The van der Waals surface area contributed by atoms with Crippen molar-refractivity contribution in [2.75, 3.05) is 0 Å². The highest BCUT2D eigenvalue weighted by molar-refractivity contribution is 6.25. The van der Waals surface area contributed by atoms with Crippen molar-refractivity contribution in [1.82, 2.24) is 14.5 Å². The van der Waals surface area contributed by atoms with E-state index in [1.807, 2.05) is 12.4 Å². The van der Waals surface area contributed by atoms with Crippen molar-refractivity contribution in [1.29, 1.82) is 0 Å². The van der Waals surface area contributed by atoms with Gasteiger partial charge in [0.15, 0.2) is 0 Å². The molecular formula is C31H29N3. The van der Waals surface area contributed by atoms with Gasteiger partial charge in [-0.2, -0.15) is 0 Å². The van der Waals surface area contributed by atoms with Gasteiger partial charge in [0, 0.05) is 41.2 Å². The standard InChI is InChI=1S/C31H29N3/c1-18(2)22-11-8-12-23(19(3)4)28(22)31-33-29-25-10-7-6-9-24(25)26-16-21-17-32-14-13-20(21)15-27(26)30(29)34(31)5/h6-19H,1-5H3. The summed E-state index contributed by atoms with van der Waals surface area (Å²) >= 11 is 0. The minimum atomic E-state index is 0.415. The summed E-state index contributed by atoms with van der Waals surface area (Å²) in [6, 6.07) is 22.1. The van der Waals surface area contributed by atoms with E-state index < -0.39 is 0 Å². The molecular weight excluding hydrogens is 414 g/mol. The number of aromatic nitrogens is 3. The van der Waals surface area contributed by atoms with Crippen molar-refractivity contribution in [2.45, 2.75) is 39.5 Å². The molecule has 0 N–H and O–H groups in total. The highest BCUT2D eigenvalue weighted by Gasteiger charge is 2.22. The van der Waals surface area contributed by atoms with Crippen LogP contribution in [0.5, 0.6) is 0 Å². The molecule has 4 aromatic carbocycles. The zero-order valence-corrected chi connectivity index (χ0v) is 20.4. The van der Waals surface area contributed by atoms with Gasteiger partial charge in [-0.1, -0.05) is 70.2 Å². The molecule has 6 rings (SSSR count). The molecule has 0 bridgehead atoms. The number of nitrogens with zero attached hydrogens (tertiary/aromatic N) is 3. The molecule has 2 heterocycles. The fraction of sp³-hybridized carbons (Fsp3) is 0.226. The minimum absolute atomic E-state index is 0.415. The van der Waals surface area contributed by atoms with Crippen LogP contribution in [-0.4, -0.2) is 14.5 Å². The van der Waals surface area contributed by atoms with Gasteiger partial charge in [-0.25, -0.2) is 4.98 Å². The maximum atomic E-state index is 5.38. The molecule has 0 aliphatic heterocycles. The Morgan fingerprint density at radius 3 is 2.09 bits per heavy atom. The van der Waals surface area contributed by atoms with Gasteiger partial charge in [0.1, 0.15) is 5.82 Å². The van der Waals surface area contributed by atoms with Crippen LogP contribution >= 0.6 is 0 Å². The monoisotopic (exact) mass is 443 g/mol. The molecule has 0 aliphatic rings. The third-order valence-corrected chi connectivity index (χ3v) is 7.20. The third kappa shape index (κ3) is 2.96. The molecule has 2 aromatic heterocycles. The zero-order chi connectivity index (χ0) is 23.6. The van der Waals surface area contributed by atoms with Gasteiger partial charge in [-0.3, -0.25) is 4.98 Å². The van der Waals surface area contributed by atoms with E-state index in [4.69, 9.17) is 4.98 Å². The van der Waals surface area contributed by atoms with E-state index in [0.717, 1.165) is 16.7 Å². The van der Waals surface area contributed by atoms with Crippen molar-refractivity contribution in [3.8, 4) is 11.4 Å². The van der Waals surface area contributed by atoms with Crippen LogP contribution in [0.2, 0.25) is 0 Å². The number of aryl methyl sites for hydroxylation is 1. The summed E-state index contributed by atoms with van der Waals surface area (Å²) in [5.41, 5.74) is 6.26. The zero-order valence-electron chi connectivity index (χ0n) is 20.4. The molecule has 0 saturated heterocycles. The maximum Gasteiger partial charge on any atom is 0.141 e. The van der Waals surface area contributed by atoms with E-state index in [0.29, 0.717) is 11.8 Å². The molecule has 0 aliphatic carbocycles. The van der Waals surface area contributed by atoms with Crippen LogP contribution in [0.1, 0.15) is 50.7 Å². The van der Waals surface area contributed by atoms with Crippen molar-refractivity contribution in [2.24, 2.45) is 7.05 Å². The van der Waals surface area contributed by atoms with Gasteiger partial charge in [-0.15, -0.1) is 0 Å². The molecule has 0 atom stereocenters. The molecule has 0 amide bonds. The third-order valence-electron chi connectivity index (χ3n) is 7.20. The van der Waals surface area contributed by atoms with Crippen LogP contribution < -0.4 is 0 Å². The average Bonchev–Trinajstić information content (AvgIpc) is 3.19. The number of hydrogen-bond donors (Lipinski definition) is 0. The topological polar surface area (TPSA) is 30.7 Å². The van der Waals surface area contributed by atoms with E-state index in [-0.39, 0.29) is 0 Å². The van der Waals surface area contributed by atoms with Gasteiger partial charge in [-0.05, 0) is 57.3 Å². The van der Waals surface area contributed by atoms with Crippen molar-refractivity contribution >= 4 is 43.4 Å². The van der Waals surface area contributed by atoms with Crippen molar-refractivity contribution in [3.05, 3.63) is 84.2 Å². The highest BCUT2D eigenvalue weighted by Crippen LogP contribution is 2.41. The van der Waals surface area contributed by atoms with E-state index in [2.05, 4.69) is 105 Å². The second-order valence-corrected chi connectivity index (χ2v) is 9.98. The lowest BCUT2D eigenvalue weighted by Gasteiger charge is -2.19. The van der Waals surface area contributed by atoms with Crippen LogP contribution in [0.3, 0.4) is 0 Å². The average molecular weight is 444 g/mol. The first-order valence-electron chi connectivity index (χ1n) is 12.1. The summed E-state index contributed by atoms with van der Waals surface area (Å²) in [6.07, 6.45) is 3.82. The van der Waals surface area contributed by atoms with Gasteiger partial charge in [0.05, 0.1) is 11.0 Å². The molecule has 168 valence electrons. The predicted molar refractivity (Wildman–Crippen MR) is 145 cm³/mol. The summed E-state index contributed by atoms with van der Waals surface area (Å²) in [6.45, 7) is 9.10. The molecule has 0 unspecified atom stereocenters. The fourth-order valence-electron chi connectivity index (χ4n) is 5.51. The fourth-order valence-corrected chi connectivity index (χ4v) is 5.51. The number of hydrogen-bond acceptors (Lipinski definition) is 2. The number of benzene rings is 4. The first-order valence-corrected chi connectivity index (χ1v) is 12.1. The largest absolute Gasteiger partial charge is 0.327 e. The SMILES string of the molecule is CC(C)c1cccc(C(C)C)c1-c1nc2c3ccccc3c3cc4cnccc4cc3c2n1C. The van der Waals surface area contributed by atoms with Gasteiger partial charge >= 0.3 is 0 Å². The Morgan fingerprint density at radius 1 is 0.706 bits per heavy atom. The first kappa shape index (κ1) is 20.9. The number of imidazole rings is 1. The Morgan fingerprint density at radius 2 is 1.38 bits per heavy atom. The Kier molecular flexibility index (Phi) is 4.70. The summed E-state index contributed by atoms with van der Waals surface area (Å²) < 4.78 is 2.32. The smallest absolute Gasteiger partial charge is 0.141 e. The summed E-state index contributed by atoms with van der Waals surface area (Å²) in [5, 5.41) is 7.28. The van der Waals surface area contributed by atoms with Gasteiger partial charge < -0.3 is 4.57 Å². The Balaban J connectivity index is 1.83. The van der Waals surface area contributed by atoms with E-state index in [1.165, 1.54) is 49.1 Å². The lowest BCUT2D eigenvalue weighted by molar-refractivity contribution is 0.828. The maximum absolute atomic E-state index is 5.38. The molecule has 0 spiro atoms. The molecule has 6 aromatic rings. The van der Waals surface area contributed by atoms with Gasteiger partial charge in [0.25, 0.3) is 0 Å². The summed E-state index contributed by atoms with van der Waals surface area (Å²) in [7, 11) is 2.18. The lowest BCUT2D eigenvalue weighted by atomic mass is 9.88. The molecule has 0 radical (unpaired) electrons. The van der Waals surface area contributed by atoms with Crippen LogP contribution in [-0.2, 0) is 7.05 Å². The number of pyridine rings is 1. The Hall–Kier alpha value is -3.72. The highest BCUT2D eigenvalue weighted by atomic mass is 15.1. The molecule has 34 heavy (non-hydrogen) atoms. The lowest BCUT2D eigenvalue weighted by Crippen LogP contribution is -2.04. The minimum Gasteiger partial charge on any atom is -0.327 e. The Bertz CT molecular complexity index is 1690. The molecule has 0 fully saturated rings. The quantitative estimate of drug-likeness (QED) is 0.203. The van der Waals surface area contributed by atoms with Crippen LogP contribution in [0.4, 0.5) is 0 Å². The van der Waals surface area contributed by atoms with E-state index in [9.17, 15) is 0 Å². The molecule has 3 heteroatoms. The number of rotatable bonds is 3. The second kappa shape index (κ2) is 7.66. The Labute approximate surface area is 200 Å². The van der Waals surface area contributed by atoms with E-state index >= 15 is 0 Å². The molecule has 3 nitrogen and oxygen atoms in total. The normalized spacial score (nSPS) is 12.2. The predicted octanol–water partition coefficient (Wildman–Crippen LogP) is 8.34. The van der Waals surface area contributed by atoms with Crippen LogP contribution in [0, 0.1) is 0 Å². The van der Waals surface area contributed by atoms with Crippen LogP contribution in [0.25, 0.3) is 54.7 Å². The number of fused-ring (bicyclic) bond motifs is 7. The van der Waals surface area contributed by atoms with Crippen molar-refractivity contribution in [3.63, 3.8) is 0 Å². The summed E-state index contributed by atoms with van der Waals surface area (Å²) in [4.78, 5) is 9.74. The van der Waals surface area contributed by atoms with Gasteiger partial charge in [0.2, 0.25) is 0 Å². The first-order chi connectivity index (χ1) is 16.5. The van der Waals surface area contributed by atoms with E-state index in [1.54, 1.807) is 0 Å². The summed E-state index contributed by atoms with van der Waals surface area (Å²) in [5.74, 6) is 1.88. The van der Waals surface area contributed by atoms with Crippen molar-refractivity contribution < 1.29 is 0 Å². The van der Waals surface area contributed by atoms with Crippen LogP contribution in [0.15, 0.2) is 73.1 Å².